The lowest BCUT2D eigenvalue weighted by Crippen LogP contribution is -2.17. The van der Waals surface area contributed by atoms with Crippen molar-refractivity contribution >= 4 is 0 Å². The summed E-state index contributed by atoms with van der Waals surface area (Å²) in [7, 11) is 0. The molecule has 0 saturated carbocycles. The van der Waals surface area contributed by atoms with Crippen molar-refractivity contribution in [3.05, 3.63) is 58.4 Å². The van der Waals surface area contributed by atoms with Crippen LogP contribution in [0.3, 0.4) is 0 Å². The number of rotatable bonds is 6. The lowest BCUT2D eigenvalue weighted by Gasteiger charge is -2.02. The van der Waals surface area contributed by atoms with E-state index >= 15 is 0 Å². The van der Waals surface area contributed by atoms with Gasteiger partial charge in [-0.15, -0.1) is 0 Å². The van der Waals surface area contributed by atoms with Crippen LogP contribution in [0.5, 0.6) is 0 Å². The first-order chi connectivity index (χ1) is 8.79. The molecule has 18 heavy (non-hydrogen) atoms. The van der Waals surface area contributed by atoms with Crippen LogP contribution in [0.1, 0.15) is 24.9 Å². The normalized spacial score (nSPS) is 10.7. The summed E-state index contributed by atoms with van der Waals surface area (Å²) in [6.45, 7) is 4.32. The molecular weight excluding hydrogens is 228 g/mol. The average molecular weight is 246 g/mol. The van der Waals surface area contributed by atoms with E-state index in [1.54, 1.807) is 22.9 Å². The molecule has 2 heterocycles. The molecule has 0 bridgehead atoms. The highest BCUT2D eigenvalue weighted by atomic mass is 16.3. The molecule has 0 aliphatic heterocycles. The third-order valence-corrected chi connectivity index (χ3v) is 2.67. The van der Waals surface area contributed by atoms with Gasteiger partial charge in [0.05, 0.1) is 13.1 Å². The minimum atomic E-state index is -0.0143. The first-order valence-electron chi connectivity index (χ1n) is 6.23. The van der Waals surface area contributed by atoms with Gasteiger partial charge in [-0.3, -0.25) is 4.79 Å². The smallest absolute Gasteiger partial charge is 0.250 e. The Morgan fingerprint density at radius 3 is 2.83 bits per heavy atom. The highest BCUT2D eigenvalue weighted by Crippen LogP contribution is 2.08. The fourth-order valence-corrected chi connectivity index (χ4v) is 1.75. The molecule has 0 aromatic carbocycles. The largest absolute Gasteiger partial charge is 0.463 e. The molecule has 0 atom stereocenters. The summed E-state index contributed by atoms with van der Waals surface area (Å²) in [5.41, 5.74) is -0.0143. The Hall–Kier alpha value is -1.81. The summed E-state index contributed by atoms with van der Waals surface area (Å²) in [6, 6.07) is 9.00. The maximum Gasteiger partial charge on any atom is 0.250 e. The van der Waals surface area contributed by atoms with Crippen LogP contribution in [0.2, 0.25) is 0 Å². The molecule has 4 nitrogen and oxygen atoms in total. The van der Waals surface area contributed by atoms with E-state index < -0.39 is 0 Å². The van der Waals surface area contributed by atoms with Gasteiger partial charge in [-0.1, -0.05) is 13.0 Å². The van der Waals surface area contributed by atoms with Crippen molar-refractivity contribution in [1.82, 2.24) is 9.88 Å². The summed E-state index contributed by atoms with van der Waals surface area (Å²) in [4.78, 5) is 11.6. The van der Waals surface area contributed by atoms with E-state index in [1.807, 2.05) is 18.2 Å². The second kappa shape index (κ2) is 6.21. The van der Waals surface area contributed by atoms with E-state index in [-0.39, 0.29) is 5.56 Å². The number of pyridine rings is 1. The van der Waals surface area contributed by atoms with Gasteiger partial charge in [0, 0.05) is 12.3 Å². The van der Waals surface area contributed by atoms with Gasteiger partial charge < -0.3 is 14.3 Å². The molecule has 0 fully saturated rings. The van der Waals surface area contributed by atoms with Crippen LogP contribution in [0, 0.1) is 0 Å². The van der Waals surface area contributed by atoms with Crippen LogP contribution in [0.25, 0.3) is 0 Å². The van der Waals surface area contributed by atoms with Crippen LogP contribution in [-0.2, 0) is 13.1 Å². The Balaban J connectivity index is 1.98. The molecule has 96 valence electrons. The van der Waals surface area contributed by atoms with Crippen molar-refractivity contribution in [2.45, 2.75) is 26.4 Å². The summed E-state index contributed by atoms with van der Waals surface area (Å²) in [5, 5.41) is 3.28. The molecule has 0 aliphatic rings. The second-order valence-corrected chi connectivity index (χ2v) is 4.21. The Morgan fingerprint density at radius 1 is 1.22 bits per heavy atom. The molecule has 1 N–H and O–H groups in total. The molecule has 2 aromatic heterocycles. The number of nitrogens with zero attached hydrogens (tertiary/aromatic N) is 1. The zero-order valence-corrected chi connectivity index (χ0v) is 10.6. The Bertz CT molecular complexity index is 542. The predicted octanol–water partition coefficient (Wildman–Crippen LogP) is 1.99. The fourth-order valence-electron chi connectivity index (χ4n) is 1.75. The van der Waals surface area contributed by atoms with E-state index in [4.69, 9.17) is 4.42 Å². The summed E-state index contributed by atoms with van der Waals surface area (Å²) in [5.74, 6) is 1.71. The van der Waals surface area contributed by atoms with Gasteiger partial charge in [0.1, 0.15) is 11.5 Å². The van der Waals surface area contributed by atoms with Crippen molar-refractivity contribution in [2.75, 3.05) is 6.54 Å². The number of hydrogen-bond donors (Lipinski definition) is 1. The molecule has 0 unspecified atom stereocenters. The van der Waals surface area contributed by atoms with E-state index in [0.29, 0.717) is 6.54 Å². The summed E-state index contributed by atoms with van der Waals surface area (Å²) >= 11 is 0. The predicted molar refractivity (Wildman–Crippen MR) is 70.5 cm³/mol. The van der Waals surface area contributed by atoms with Crippen LogP contribution in [0.15, 0.2) is 45.7 Å². The van der Waals surface area contributed by atoms with Gasteiger partial charge in [0.25, 0.3) is 5.56 Å². The Kier molecular flexibility index (Phi) is 4.36. The highest BCUT2D eigenvalue weighted by molar-refractivity contribution is 5.08. The Labute approximate surface area is 106 Å². The van der Waals surface area contributed by atoms with Crippen LogP contribution in [0.4, 0.5) is 0 Å². The van der Waals surface area contributed by atoms with E-state index in [2.05, 4.69) is 12.2 Å². The zero-order chi connectivity index (χ0) is 12.8. The van der Waals surface area contributed by atoms with Crippen molar-refractivity contribution in [2.24, 2.45) is 0 Å². The van der Waals surface area contributed by atoms with Gasteiger partial charge in [0.2, 0.25) is 0 Å². The first-order valence-corrected chi connectivity index (χ1v) is 6.23. The standard InChI is InChI=1S/C14H18N2O2/c1-2-8-15-10-12-6-7-13(18-12)11-16-9-4-3-5-14(16)17/h3-7,9,15H,2,8,10-11H2,1H3. The molecule has 0 amide bonds. The van der Waals surface area contributed by atoms with Crippen molar-refractivity contribution < 1.29 is 4.42 Å². The number of hydrogen-bond acceptors (Lipinski definition) is 3. The second-order valence-electron chi connectivity index (χ2n) is 4.21. The van der Waals surface area contributed by atoms with Gasteiger partial charge in [0.15, 0.2) is 0 Å². The minimum absolute atomic E-state index is 0.0143. The SMILES string of the molecule is CCCNCc1ccc(Cn2ccccc2=O)o1. The third-order valence-electron chi connectivity index (χ3n) is 2.67. The Morgan fingerprint density at radius 2 is 2.06 bits per heavy atom. The molecule has 4 heteroatoms. The maximum absolute atomic E-state index is 11.6. The zero-order valence-electron chi connectivity index (χ0n) is 10.6. The van der Waals surface area contributed by atoms with E-state index in [9.17, 15) is 4.79 Å². The van der Waals surface area contributed by atoms with Crippen LogP contribution >= 0.6 is 0 Å². The highest BCUT2D eigenvalue weighted by Gasteiger charge is 2.03. The third kappa shape index (κ3) is 3.34. The van der Waals surface area contributed by atoms with Crippen molar-refractivity contribution in [3.63, 3.8) is 0 Å². The molecule has 0 radical (unpaired) electrons. The van der Waals surface area contributed by atoms with Gasteiger partial charge in [-0.2, -0.15) is 0 Å². The number of nitrogens with one attached hydrogen (secondary N) is 1. The topological polar surface area (TPSA) is 47.2 Å². The van der Waals surface area contributed by atoms with E-state index in [1.165, 1.54) is 0 Å². The van der Waals surface area contributed by atoms with Crippen LogP contribution < -0.4 is 10.9 Å². The number of aromatic nitrogens is 1. The molecule has 2 aromatic rings. The monoisotopic (exact) mass is 246 g/mol. The fraction of sp³-hybridized carbons (Fsp3) is 0.357. The maximum atomic E-state index is 11.6. The number of furan rings is 1. The molecule has 2 rings (SSSR count). The first kappa shape index (κ1) is 12.6. The summed E-state index contributed by atoms with van der Waals surface area (Å²) < 4.78 is 7.29. The average Bonchev–Trinajstić information content (AvgIpc) is 2.80. The molecular formula is C14H18N2O2. The van der Waals surface area contributed by atoms with Crippen molar-refractivity contribution in [1.29, 1.82) is 0 Å². The molecule has 0 spiro atoms. The lowest BCUT2D eigenvalue weighted by atomic mass is 10.4. The van der Waals surface area contributed by atoms with Crippen LogP contribution in [-0.4, -0.2) is 11.1 Å². The quantitative estimate of drug-likeness (QED) is 0.793. The van der Waals surface area contributed by atoms with Gasteiger partial charge >= 0.3 is 0 Å². The van der Waals surface area contributed by atoms with E-state index in [0.717, 1.165) is 31.0 Å². The van der Waals surface area contributed by atoms with Crippen molar-refractivity contribution in [3.8, 4) is 0 Å². The molecule has 0 saturated heterocycles. The lowest BCUT2D eigenvalue weighted by molar-refractivity contribution is 0.436. The minimum Gasteiger partial charge on any atom is -0.463 e. The van der Waals surface area contributed by atoms with Gasteiger partial charge in [-0.25, -0.2) is 0 Å². The summed E-state index contributed by atoms with van der Waals surface area (Å²) in [6.07, 6.45) is 2.87. The van der Waals surface area contributed by atoms with Gasteiger partial charge in [-0.05, 0) is 31.2 Å². The molecule has 0 aliphatic carbocycles.